The number of urea groups is 1. The van der Waals surface area contributed by atoms with Crippen LogP contribution in [0.1, 0.15) is 18.4 Å². The second-order valence-electron chi connectivity index (χ2n) is 6.11. The van der Waals surface area contributed by atoms with Crippen molar-refractivity contribution in [1.82, 2.24) is 10.2 Å². The third-order valence-corrected chi connectivity index (χ3v) is 4.30. The Kier molecular flexibility index (Phi) is 5.46. The second-order valence-corrected chi connectivity index (χ2v) is 6.11. The fraction of sp³-hybridized carbons (Fsp3) is 0.263. The van der Waals surface area contributed by atoms with Gasteiger partial charge in [-0.2, -0.15) is 0 Å². The van der Waals surface area contributed by atoms with Crippen molar-refractivity contribution in [2.45, 2.75) is 25.4 Å². The Balaban J connectivity index is 1.61. The molecule has 2 aromatic carbocycles. The highest BCUT2D eigenvalue weighted by molar-refractivity contribution is 5.94. The van der Waals surface area contributed by atoms with Gasteiger partial charge >= 0.3 is 6.03 Å². The molecule has 3 rings (SSSR count). The lowest BCUT2D eigenvalue weighted by Crippen LogP contribution is -2.47. The number of anilines is 1. The Bertz CT molecular complexity index is 799. The van der Waals surface area contributed by atoms with Gasteiger partial charge in [-0.05, 0) is 30.5 Å². The molecule has 1 fully saturated rings. The van der Waals surface area contributed by atoms with Crippen LogP contribution in [-0.4, -0.2) is 29.4 Å². The molecule has 3 amide bonds. The molecule has 26 heavy (non-hydrogen) atoms. The number of hydrogen-bond donors (Lipinski definition) is 2. The molecule has 5 nitrogen and oxygen atoms in total. The fourth-order valence-corrected chi connectivity index (χ4v) is 2.96. The van der Waals surface area contributed by atoms with Crippen LogP contribution < -0.4 is 10.6 Å². The average Bonchev–Trinajstić information content (AvgIpc) is 3.13. The van der Waals surface area contributed by atoms with E-state index in [9.17, 15) is 18.4 Å². The molecule has 0 aromatic heterocycles. The van der Waals surface area contributed by atoms with Crippen molar-refractivity contribution in [2.75, 3.05) is 11.9 Å². The van der Waals surface area contributed by atoms with Crippen molar-refractivity contribution < 1.29 is 18.4 Å². The Labute approximate surface area is 150 Å². The number of amides is 3. The second kappa shape index (κ2) is 7.95. The van der Waals surface area contributed by atoms with Crippen molar-refractivity contribution in [3.05, 3.63) is 65.7 Å². The number of carbonyl (C=O) groups excluding carboxylic acids is 2. The van der Waals surface area contributed by atoms with Gasteiger partial charge < -0.3 is 15.5 Å². The number of likely N-dealkylation sites (tertiary alicyclic amines) is 1. The van der Waals surface area contributed by atoms with Gasteiger partial charge in [0.05, 0.1) is 5.69 Å². The molecule has 0 radical (unpaired) electrons. The molecule has 1 aliphatic heterocycles. The number of halogens is 2. The molecule has 2 aromatic rings. The van der Waals surface area contributed by atoms with Crippen molar-refractivity contribution in [2.24, 2.45) is 0 Å². The van der Waals surface area contributed by atoms with Crippen LogP contribution >= 0.6 is 0 Å². The van der Waals surface area contributed by atoms with Crippen LogP contribution in [0.25, 0.3) is 0 Å². The molecular formula is C19H19F2N3O2. The van der Waals surface area contributed by atoms with Crippen LogP contribution in [0.4, 0.5) is 19.3 Å². The quantitative estimate of drug-likeness (QED) is 0.880. The number of carbonyl (C=O) groups is 2. The summed E-state index contributed by atoms with van der Waals surface area (Å²) in [4.78, 5) is 26.2. The van der Waals surface area contributed by atoms with Crippen LogP contribution in [0.15, 0.2) is 48.5 Å². The zero-order chi connectivity index (χ0) is 18.5. The smallest absolute Gasteiger partial charge is 0.322 e. The van der Waals surface area contributed by atoms with E-state index in [-0.39, 0.29) is 11.6 Å². The lowest BCUT2D eigenvalue weighted by molar-refractivity contribution is -0.124. The normalized spacial score (nSPS) is 16.4. The van der Waals surface area contributed by atoms with Gasteiger partial charge in [0.1, 0.15) is 17.7 Å². The largest absolute Gasteiger partial charge is 0.350 e. The van der Waals surface area contributed by atoms with E-state index in [1.54, 1.807) is 0 Å². The molecule has 0 unspecified atom stereocenters. The summed E-state index contributed by atoms with van der Waals surface area (Å²) in [7, 11) is 0. The standard InChI is InChI=1S/C19H19F2N3O2/c20-14-8-9-16(15(21)11-14)23-19(26)24-10-4-7-17(24)18(25)22-12-13-5-2-1-3-6-13/h1-3,5-6,8-9,11,17H,4,7,10,12H2,(H,22,25)(H,23,26)/t17-/m1/s1. The predicted octanol–water partition coefficient (Wildman–Crippen LogP) is 3.28. The van der Waals surface area contributed by atoms with E-state index in [4.69, 9.17) is 0 Å². The minimum atomic E-state index is -0.859. The summed E-state index contributed by atoms with van der Waals surface area (Å²) in [5, 5.41) is 5.23. The van der Waals surface area contributed by atoms with Crippen LogP contribution in [0.5, 0.6) is 0 Å². The van der Waals surface area contributed by atoms with Crippen LogP contribution in [0.3, 0.4) is 0 Å². The van der Waals surface area contributed by atoms with Gasteiger partial charge in [-0.3, -0.25) is 4.79 Å². The maximum atomic E-state index is 13.7. The number of hydrogen-bond acceptors (Lipinski definition) is 2. The van der Waals surface area contributed by atoms with E-state index in [2.05, 4.69) is 10.6 Å². The lowest BCUT2D eigenvalue weighted by atomic mass is 10.2. The van der Waals surface area contributed by atoms with Gasteiger partial charge in [0.25, 0.3) is 0 Å². The highest BCUT2D eigenvalue weighted by Crippen LogP contribution is 2.21. The van der Waals surface area contributed by atoms with Crippen LogP contribution in [0, 0.1) is 11.6 Å². The van der Waals surface area contributed by atoms with Gasteiger partial charge in [0.2, 0.25) is 5.91 Å². The van der Waals surface area contributed by atoms with E-state index in [1.807, 2.05) is 30.3 Å². The van der Waals surface area contributed by atoms with Crippen molar-refractivity contribution in [3.63, 3.8) is 0 Å². The summed E-state index contributed by atoms with van der Waals surface area (Å²) in [5.41, 5.74) is 0.843. The van der Waals surface area contributed by atoms with E-state index >= 15 is 0 Å². The van der Waals surface area contributed by atoms with Crippen LogP contribution in [0.2, 0.25) is 0 Å². The molecule has 0 bridgehead atoms. The summed E-state index contributed by atoms with van der Waals surface area (Å²) in [6.07, 6.45) is 1.22. The number of benzene rings is 2. The van der Waals surface area contributed by atoms with Gasteiger partial charge in [0, 0.05) is 19.2 Å². The first-order chi connectivity index (χ1) is 12.5. The third kappa shape index (κ3) is 4.17. The molecule has 1 atom stereocenters. The molecule has 2 N–H and O–H groups in total. The highest BCUT2D eigenvalue weighted by Gasteiger charge is 2.34. The highest BCUT2D eigenvalue weighted by atomic mass is 19.1. The monoisotopic (exact) mass is 359 g/mol. The van der Waals surface area contributed by atoms with Gasteiger partial charge in [-0.25, -0.2) is 13.6 Å². The lowest BCUT2D eigenvalue weighted by Gasteiger charge is -2.24. The molecule has 0 saturated carbocycles. The first-order valence-corrected chi connectivity index (χ1v) is 8.39. The van der Waals surface area contributed by atoms with Crippen LogP contribution in [-0.2, 0) is 11.3 Å². The molecule has 1 saturated heterocycles. The summed E-state index contributed by atoms with van der Waals surface area (Å²) >= 11 is 0. The predicted molar refractivity (Wildman–Crippen MR) is 93.4 cm³/mol. The summed E-state index contributed by atoms with van der Waals surface area (Å²) < 4.78 is 26.7. The fourth-order valence-electron chi connectivity index (χ4n) is 2.96. The number of nitrogens with zero attached hydrogens (tertiary/aromatic N) is 1. The van der Waals surface area contributed by atoms with E-state index in [1.165, 1.54) is 4.90 Å². The first kappa shape index (κ1) is 17.8. The molecule has 0 spiro atoms. The van der Waals surface area contributed by atoms with Crippen molar-refractivity contribution >= 4 is 17.6 Å². The van der Waals surface area contributed by atoms with E-state index in [0.29, 0.717) is 32.0 Å². The first-order valence-electron chi connectivity index (χ1n) is 8.39. The van der Waals surface area contributed by atoms with Gasteiger partial charge in [0.15, 0.2) is 0 Å². The number of nitrogens with one attached hydrogen (secondary N) is 2. The molecular weight excluding hydrogens is 340 g/mol. The minimum Gasteiger partial charge on any atom is -0.350 e. The van der Waals surface area contributed by atoms with Gasteiger partial charge in [-0.15, -0.1) is 0 Å². The summed E-state index contributed by atoms with van der Waals surface area (Å²) in [5.74, 6) is -1.83. The van der Waals surface area contributed by atoms with Crippen molar-refractivity contribution in [3.8, 4) is 0 Å². The molecule has 0 aliphatic carbocycles. The van der Waals surface area contributed by atoms with E-state index in [0.717, 1.165) is 17.7 Å². The minimum absolute atomic E-state index is 0.119. The van der Waals surface area contributed by atoms with Gasteiger partial charge in [-0.1, -0.05) is 30.3 Å². The Morgan fingerprint density at radius 3 is 2.62 bits per heavy atom. The maximum Gasteiger partial charge on any atom is 0.322 e. The summed E-state index contributed by atoms with van der Waals surface area (Å²) in [6.45, 7) is 0.774. The topological polar surface area (TPSA) is 61.4 Å². The molecule has 1 heterocycles. The number of rotatable bonds is 4. The SMILES string of the molecule is O=C(NCc1ccccc1)[C@H]1CCCN1C(=O)Nc1ccc(F)cc1F. The average molecular weight is 359 g/mol. The van der Waals surface area contributed by atoms with E-state index < -0.39 is 23.7 Å². The zero-order valence-corrected chi connectivity index (χ0v) is 14.0. The third-order valence-electron chi connectivity index (χ3n) is 4.30. The maximum absolute atomic E-state index is 13.7. The molecule has 7 heteroatoms. The molecule has 136 valence electrons. The zero-order valence-electron chi connectivity index (χ0n) is 14.0. The summed E-state index contributed by atoms with van der Waals surface area (Å²) in [6, 6.07) is 11.2. The Hall–Kier alpha value is -2.96. The Morgan fingerprint density at radius 1 is 1.12 bits per heavy atom. The Morgan fingerprint density at radius 2 is 1.88 bits per heavy atom. The molecule has 1 aliphatic rings. The van der Waals surface area contributed by atoms with Crippen molar-refractivity contribution in [1.29, 1.82) is 0 Å².